The first-order chi connectivity index (χ1) is 13.4. The Morgan fingerprint density at radius 2 is 1.50 bits per heavy atom. The van der Waals surface area contributed by atoms with Crippen molar-refractivity contribution >= 4 is 5.97 Å². The lowest BCUT2D eigenvalue weighted by atomic mass is 10.1. The molecule has 0 radical (unpaired) electrons. The molecular formula is C24H28N2O2. The number of hydrogen-bond acceptors (Lipinski definition) is 2. The van der Waals surface area contributed by atoms with E-state index in [4.69, 9.17) is 0 Å². The molecule has 0 aliphatic heterocycles. The molecule has 0 fully saturated rings. The number of aryl methyl sites for hydroxylation is 2. The Balaban J connectivity index is 1.86. The summed E-state index contributed by atoms with van der Waals surface area (Å²) < 4.78 is 2.04. The minimum atomic E-state index is -0.879. The molecule has 0 saturated heterocycles. The highest BCUT2D eigenvalue weighted by Gasteiger charge is 2.23. The minimum Gasteiger partial charge on any atom is -0.478 e. The molecule has 0 atom stereocenters. The van der Waals surface area contributed by atoms with Crippen molar-refractivity contribution in [1.29, 1.82) is 0 Å². The fourth-order valence-electron chi connectivity index (χ4n) is 3.70. The molecule has 146 valence electrons. The van der Waals surface area contributed by atoms with Gasteiger partial charge in [0, 0.05) is 35.7 Å². The predicted molar refractivity (Wildman–Crippen MR) is 113 cm³/mol. The second kappa shape index (κ2) is 8.44. The van der Waals surface area contributed by atoms with E-state index in [-0.39, 0.29) is 0 Å². The van der Waals surface area contributed by atoms with Crippen molar-refractivity contribution in [2.24, 2.45) is 0 Å². The highest BCUT2D eigenvalue weighted by Crippen LogP contribution is 2.26. The fraction of sp³-hybridized carbons (Fsp3) is 0.292. The summed E-state index contributed by atoms with van der Waals surface area (Å²) in [6.07, 6.45) is 1.03. The van der Waals surface area contributed by atoms with Gasteiger partial charge in [-0.25, -0.2) is 4.79 Å². The van der Waals surface area contributed by atoms with E-state index in [1.165, 1.54) is 16.7 Å². The molecule has 0 spiro atoms. The van der Waals surface area contributed by atoms with Gasteiger partial charge in [0.05, 0.1) is 5.56 Å². The van der Waals surface area contributed by atoms with Gasteiger partial charge in [-0.1, -0.05) is 48.9 Å². The summed E-state index contributed by atoms with van der Waals surface area (Å²) in [5.41, 5.74) is 7.65. The number of nitrogens with zero attached hydrogens (tertiary/aromatic N) is 1. The molecular weight excluding hydrogens is 348 g/mol. The van der Waals surface area contributed by atoms with Gasteiger partial charge in [-0.3, -0.25) is 0 Å². The van der Waals surface area contributed by atoms with Crippen LogP contribution in [0.2, 0.25) is 0 Å². The minimum absolute atomic E-state index is 0.395. The Kier molecular flexibility index (Phi) is 6.00. The number of nitrogens with one attached hydrogen (secondary N) is 1. The number of aromatic carboxylic acids is 1. The van der Waals surface area contributed by atoms with E-state index < -0.39 is 5.97 Å². The first-order valence-corrected chi connectivity index (χ1v) is 9.72. The number of aromatic nitrogens is 1. The first kappa shape index (κ1) is 19.9. The number of carboxylic acids is 1. The molecule has 2 N–H and O–H groups in total. The Labute approximate surface area is 166 Å². The number of benzene rings is 2. The zero-order valence-corrected chi connectivity index (χ0v) is 17.0. The van der Waals surface area contributed by atoms with Gasteiger partial charge in [-0.15, -0.1) is 0 Å². The van der Waals surface area contributed by atoms with E-state index in [9.17, 15) is 9.90 Å². The fourth-order valence-corrected chi connectivity index (χ4v) is 3.70. The molecule has 0 bridgehead atoms. The van der Waals surface area contributed by atoms with Gasteiger partial charge < -0.3 is 15.0 Å². The van der Waals surface area contributed by atoms with Gasteiger partial charge in [-0.2, -0.15) is 0 Å². The van der Waals surface area contributed by atoms with Crippen LogP contribution < -0.4 is 5.32 Å². The zero-order valence-electron chi connectivity index (χ0n) is 17.0. The number of carboxylic acid groups (broad SMARTS) is 1. The van der Waals surface area contributed by atoms with Crippen LogP contribution in [0.25, 0.3) is 5.69 Å². The summed E-state index contributed by atoms with van der Waals surface area (Å²) in [5, 5.41) is 13.2. The van der Waals surface area contributed by atoms with Crippen LogP contribution in [-0.4, -0.2) is 15.6 Å². The van der Waals surface area contributed by atoms with Gasteiger partial charge in [0.2, 0.25) is 0 Å². The van der Waals surface area contributed by atoms with Crippen molar-refractivity contribution in [2.45, 2.75) is 47.2 Å². The van der Waals surface area contributed by atoms with E-state index in [1.54, 1.807) is 0 Å². The molecule has 0 unspecified atom stereocenters. The monoisotopic (exact) mass is 376 g/mol. The zero-order chi connectivity index (χ0) is 20.3. The van der Waals surface area contributed by atoms with Crippen molar-refractivity contribution in [3.63, 3.8) is 0 Å². The van der Waals surface area contributed by atoms with Crippen LogP contribution in [0.15, 0.2) is 48.5 Å². The maximum absolute atomic E-state index is 12.0. The normalized spacial score (nSPS) is 11.0. The lowest BCUT2D eigenvalue weighted by Gasteiger charge is -2.11. The number of hydrogen-bond donors (Lipinski definition) is 2. The van der Waals surface area contributed by atoms with E-state index >= 15 is 0 Å². The largest absolute Gasteiger partial charge is 0.478 e. The summed E-state index contributed by atoms with van der Waals surface area (Å²) in [7, 11) is 0. The Morgan fingerprint density at radius 1 is 0.893 bits per heavy atom. The quantitative estimate of drug-likeness (QED) is 0.613. The molecule has 4 nitrogen and oxygen atoms in total. The van der Waals surface area contributed by atoms with E-state index in [0.717, 1.165) is 29.1 Å². The Hall–Kier alpha value is -2.85. The molecule has 0 amide bonds. The Bertz CT molecular complexity index is 967. The number of rotatable bonds is 7. The molecule has 28 heavy (non-hydrogen) atoms. The van der Waals surface area contributed by atoms with Gasteiger partial charge in [0.1, 0.15) is 0 Å². The molecule has 0 aliphatic carbocycles. The van der Waals surface area contributed by atoms with Crippen LogP contribution in [-0.2, 0) is 19.5 Å². The third kappa shape index (κ3) is 4.02. The average Bonchev–Trinajstić information content (AvgIpc) is 2.93. The van der Waals surface area contributed by atoms with E-state index in [2.05, 4.69) is 36.5 Å². The topological polar surface area (TPSA) is 54.3 Å². The van der Waals surface area contributed by atoms with Crippen molar-refractivity contribution < 1.29 is 9.90 Å². The SMILES string of the molecule is CCc1ccc(CNCc2c(C(=O)O)c(C)n(-c3ccc(C)cc3)c2C)cc1. The van der Waals surface area contributed by atoms with Gasteiger partial charge in [0.15, 0.2) is 0 Å². The molecule has 0 saturated carbocycles. The molecule has 3 rings (SSSR count). The van der Waals surface area contributed by atoms with Gasteiger partial charge >= 0.3 is 5.97 Å². The van der Waals surface area contributed by atoms with E-state index in [0.29, 0.717) is 18.7 Å². The molecule has 3 aromatic rings. The molecule has 2 aromatic carbocycles. The highest BCUT2D eigenvalue weighted by molar-refractivity contribution is 5.91. The van der Waals surface area contributed by atoms with Crippen LogP contribution in [0.5, 0.6) is 0 Å². The molecule has 0 aliphatic rings. The van der Waals surface area contributed by atoms with Crippen molar-refractivity contribution in [2.75, 3.05) is 0 Å². The standard InChI is InChI=1S/C24H28N2O2/c1-5-19-8-10-20(11-9-19)14-25-15-22-17(3)26(18(4)23(22)24(27)28)21-12-6-16(2)7-13-21/h6-13,25H,5,14-15H2,1-4H3,(H,27,28). The average molecular weight is 377 g/mol. The highest BCUT2D eigenvalue weighted by atomic mass is 16.4. The molecule has 1 aromatic heterocycles. The summed E-state index contributed by atoms with van der Waals surface area (Å²) in [6, 6.07) is 16.7. The van der Waals surface area contributed by atoms with Gasteiger partial charge in [0.25, 0.3) is 0 Å². The second-order valence-electron chi connectivity index (χ2n) is 7.27. The molecule has 4 heteroatoms. The van der Waals surface area contributed by atoms with Crippen LogP contribution in [0, 0.1) is 20.8 Å². The number of carbonyl (C=O) groups is 1. The van der Waals surface area contributed by atoms with Crippen LogP contribution in [0.3, 0.4) is 0 Å². The maximum atomic E-state index is 12.0. The third-order valence-electron chi connectivity index (χ3n) is 5.34. The van der Waals surface area contributed by atoms with Crippen LogP contribution in [0.4, 0.5) is 0 Å². The lowest BCUT2D eigenvalue weighted by molar-refractivity contribution is 0.0695. The molecule has 1 heterocycles. The third-order valence-corrected chi connectivity index (χ3v) is 5.34. The van der Waals surface area contributed by atoms with Crippen LogP contribution in [0.1, 0.15) is 50.9 Å². The van der Waals surface area contributed by atoms with E-state index in [1.807, 2.05) is 49.6 Å². The Morgan fingerprint density at radius 3 is 2.07 bits per heavy atom. The van der Waals surface area contributed by atoms with Gasteiger partial charge in [-0.05, 0) is 50.5 Å². The van der Waals surface area contributed by atoms with Crippen molar-refractivity contribution in [1.82, 2.24) is 9.88 Å². The summed E-state index contributed by atoms with van der Waals surface area (Å²) in [6.45, 7) is 9.28. The summed E-state index contributed by atoms with van der Waals surface area (Å²) in [5.74, 6) is -0.879. The van der Waals surface area contributed by atoms with Crippen molar-refractivity contribution in [3.8, 4) is 5.69 Å². The first-order valence-electron chi connectivity index (χ1n) is 9.72. The second-order valence-corrected chi connectivity index (χ2v) is 7.27. The summed E-state index contributed by atoms with van der Waals surface area (Å²) >= 11 is 0. The van der Waals surface area contributed by atoms with Crippen LogP contribution >= 0.6 is 0 Å². The summed E-state index contributed by atoms with van der Waals surface area (Å²) in [4.78, 5) is 12.0. The van der Waals surface area contributed by atoms with Crippen molar-refractivity contribution in [3.05, 3.63) is 87.7 Å². The maximum Gasteiger partial charge on any atom is 0.337 e. The lowest BCUT2D eigenvalue weighted by Crippen LogP contribution is -2.15. The smallest absolute Gasteiger partial charge is 0.337 e. The predicted octanol–water partition coefficient (Wildman–Crippen LogP) is 4.95.